The first-order valence-corrected chi connectivity index (χ1v) is 13.2. The highest BCUT2D eigenvalue weighted by Gasteiger charge is 2.27. The van der Waals surface area contributed by atoms with E-state index in [0.29, 0.717) is 18.8 Å². The van der Waals surface area contributed by atoms with Gasteiger partial charge in [-0.15, -0.1) is 0 Å². The van der Waals surface area contributed by atoms with Crippen LogP contribution in [0.5, 0.6) is 11.5 Å². The van der Waals surface area contributed by atoms with Crippen LogP contribution in [0.25, 0.3) is 0 Å². The van der Waals surface area contributed by atoms with Crippen molar-refractivity contribution in [1.82, 2.24) is 9.62 Å². The van der Waals surface area contributed by atoms with E-state index < -0.39 is 10.0 Å². The zero-order valence-electron chi connectivity index (χ0n) is 18.4. The van der Waals surface area contributed by atoms with Gasteiger partial charge in [-0.2, -0.15) is 0 Å². The monoisotopic (exact) mass is 537 g/mol. The molecule has 2 N–H and O–H groups in total. The van der Waals surface area contributed by atoms with Crippen molar-refractivity contribution in [2.75, 3.05) is 38.1 Å². The molecule has 1 saturated heterocycles. The Balaban J connectivity index is 1.22. The highest BCUT2D eigenvalue weighted by molar-refractivity contribution is 9.10. The molecule has 1 amide bonds. The molecule has 0 bridgehead atoms. The zero-order chi connectivity index (χ0) is 23.4. The van der Waals surface area contributed by atoms with Crippen LogP contribution in [0, 0.1) is 5.92 Å². The van der Waals surface area contributed by atoms with Gasteiger partial charge in [-0.05, 0) is 74.3 Å². The maximum absolute atomic E-state index is 12.6. The summed E-state index contributed by atoms with van der Waals surface area (Å²) in [6.07, 6.45) is 1.81. The number of ether oxygens (including phenoxy) is 2. The molecule has 33 heavy (non-hydrogen) atoms. The number of piperidine rings is 1. The van der Waals surface area contributed by atoms with Crippen LogP contribution < -0.4 is 19.5 Å². The maximum Gasteiger partial charge on any atom is 0.240 e. The number of nitrogens with zero attached hydrogens (tertiary/aromatic N) is 1. The molecule has 2 aliphatic rings. The molecule has 0 saturated carbocycles. The van der Waals surface area contributed by atoms with Crippen LogP contribution in [-0.2, 0) is 14.8 Å². The van der Waals surface area contributed by atoms with E-state index in [4.69, 9.17) is 9.47 Å². The first kappa shape index (κ1) is 24.0. The molecule has 2 aromatic carbocycles. The predicted molar refractivity (Wildman–Crippen MR) is 129 cm³/mol. The molecule has 0 aromatic heterocycles. The molecule has 0 aliphatic carbocycles. The molecular weight excluding hydrogens is 510 g/mol. The lowest BCUT2D eigenvalue weighted by Crippen LogP contribution is -2.45. The van der Waals surface area contributed by atoms with Gasteiger partial charge in [-0.1, -0.05) is 15.9 Å². The standard InChI is InChI=1S/C23H28BrN3O5S/c1-16(28)26-19-3-5-21(6-4-19)33(29,30)25-13-17-8-10-27(11-9-17)14-20-15-31-22-7-2-18(24)12-23(22)32-20/h2-7,12,17,20,25H,8-11,13-15H2,1H3,(H,26,28). The molecule has 10 heteroatoms. The molecule has 2 aromatic rings. The van der Waals surface area contributed by atoms with Crippen molar-refractivity contribution in [3.05, 3.63) is 46.9 Å². The summed E-state index contributed by atoms with van der Waals surface area (Å²) in [6, 6.07) is 11.9. The molecule has 2 heterocycles. The first-order valence-electron chi connectivity index (χ1n) is 11.0. The van der Waals surface area contributed by atoms with Crippen molar-refractivity contribution < 1.29 is 22.7 Å². The van der Waals surface area contributed by atoms with Crippen LogP contribution in [0.3, 0.4) is 0 Å². The summed E-state index contributed by atoms with van der Waals surface area (Å²) in [5, 5.41) is 2.63. The van der Waals surface area contributed by atoms with E-state index in [0.717, 1.165) is 48.4 Å². The Bertz CT molecular complexity index is 1090. The minimum Gasteiger partial charge on any atom is -0.486 e. The van der Waals surface area contributed by atoms with Crippen molar-refractivity contribution >= 4 is 37.5 Å². The molecule has 0 spiro atoms. The number of anilines is 1. The number of carbonyl (C=O) groups excluding carboxylic acids is 1. The summed E-state index contributed by atoms with van der Waals surface area (Å²) in [6.45, 7) is 4.91. The Morgan fingerprint density at radius 2 is 1.85 bits per heavy atom. The minimum absolute atomic E-state index is 0.0256. The second-order valence-corrected chi connectivity index (χ2v) is 11.1. The largest absolute Gasteiger partial charge is 0.486 e. The van der Waals surface area contributed by atoms with Gasteiger partial charge in [-0.3, -0.25) is 9.69 Å². The third kappa shape index (κ3) is 6.47. The molecule has 0 radical (unpaired) electrons. The van der Waals surface area contributed by atoms with Gasteiger partial charge in [0.1, 0.15) is 12.7 Å². The zero-order valence-corrected chi connectivity index (χ0v) is 20.8. The van der Waals surface area contributed by atoms with E-state index in [-0.39, 0.29) is 22.8 Å². The molecular formula is C23H28BrN3O5S. The van der Waals surface area contributed by atoms with Crippen LogP contribution in [0.2, 0.25) is 0 Å². The number of likely N-dealkylation sites (tertiary alicyclic amines) is 1. The third-order valence-electron chi connectivity index (χ3n) is 5.84. The lowest BCUT2D eigenvalue weighted by Gasteiger charge is -2.35. The molecule has 2 aliphatic heterocycles. The smallest absolute Gasteiger partial charge is 0.240 e. The van der Waals surface area contributed by atoms with Gasteiger partial charge in [0.15, 0.2) is 11.5 Å². The third-order valence-corrected chi connectivity index (χ3v) is 7.77. The fourth-order valence-corrected chi connectivity index (χ4v) is 5.53. The Morgan fingerprint density at radius 3 is 2.55 bits per heavy atom. The van der Waals surface area contributed by atoms with E-state index in [1.165, 1.54) is 19.1 Å². The van der Waals surface area contributed by atoms with Crippen LogP contribution in [0.15, 0.2) is 51.8 Å². The van der Waals surface area contributed by atoms with Gasteiger partial charge in [0.25, 0.3) is 0 Å². The van der Waals surface area contributed by atoms with Crippen molar-refractivity contribution in [3.63, 3.8) is 0 Å². The van der Waals surface area contributed by atoms with E-state index in [9.17, 15) is 13.2 Å². The van der Waals surface area contributed by atoms with Crippen LogP contribution >= 0.6 is 15.9 Å². The average molecular weight is 538 g/mol. The first-order chi connectivity index (χ1) is 15.8. The van der Waals surface area contributed by atoms with Crippen molar-refractivity contribution in [3.8, 4) is 11.5 Å². The fraction of sp³-hybridized carbons (Fsp3) is 0.435. The summed E-state index contributed by atoms with van der Waals surface area (Å²) < 4.78 is 40.9. The summed E-state index contributed by atoms with van der Waals surface area (Å²) in [5.74, 6) is 1.62. The number of amides is 1. The highest BCUT2D eigenvalue weighted by Crippen LogP contribution is 2.34. The quantitative estimate of drug-likeness (QED) is 0.562. The fourth-order valence-electron chi connectivity index (χ4n) is 4.07. The highest BCUT2D eigenvalue weighted by atomic mass is 79.9. The number of hydrogen-bond donors (Lipinski definition) is 2. The number of rotatable bonds is 7. The second kappa shape index (κ2) is 10.4. The summed E-state index contributed by atoms with van der Waals surface area (Å²) in [5.41, 5.74) is 0.567. The molecule has 8 nitrogen and oxygen atoms in total. The Kier molecular flexibility index (Phi) is 7.58. The Morgan fingerprint density at radius 1 is 1.12 bits per heavy atom. The Labute approximate surface area is 202 Å². The van der Waals surface area contributed by atoms with Crippen LogP contribution in [0.4, 0.5) is 5.69 Å². The van der Waals surface area contributed by atoms with Crippen molar-refractivity contribution in [2.45, 2.75) is 30.8 Å². The molecule has 178 valence electrons. The number of benzene rings is 2. The molecule has 1 unspecified atom stereocenters. The number of fused-ring (bicyclic) bond motifs is 1. The molecule has 1 atom stereocenters. The molecule has 4 rings (SSSR count). The summed E-state index contributed by atoms with van der Waals surface area (Å²) in [7, 11) is -3.59. The van der Waals surface area contributed by atoms with Gasteiger partial charge < -0.3 is 14.8 Å². The average Bonchev–Trinajstić information content (AvgIpc) is 2.78. The number of halogens is 1. The number of hydrogen-bond acceptors (Lipinski definition) is 6. The van der Waals surface area contributed by atoms with E-state index in [2.05, 4.69) is 30.9 Å². The maximum atomic E-state index is 12.6. The number of nitrogens with one attached hydrogen (secondary N) is 2. The normalized spacial score (nSPS) is 19.3. The topological polar surface area (TPSA) is 97.0 Å². The van der Waals surface area contributed by atoms with E-state index in [1.807, 2.05) is 18.2 Å². The van der Waals surface area contributed by atoms with Crippen molar-refractivity contribution in [2.24, 2.45) is 5.92 Å². The lowest BCUT2D eigenvalue weighted by molar-refractivity contribution is -0.114. The van der Waals surface area contributed by atoms with Gasteiger partial charge in [0, 0.05) is 30.2 Å². The van der Waals surface area contributed by atoms with Crippen molar-refractivity contribution in [1.29, 1.82) is 0 Å². The number of sulfonamides is 1. The minimum atomic E-state index is -3.59. The number of carbonyl (C=O) groups is 1. The molecule has 1 fully saturated rings. The Hall–Kier alpha value is -2.14. The lowest BCUT2D eigenvalue weighted by atomic mass is 9.97. The van der Waals surface area contributed by atoms with Gasteiger partial charge in [-0.25, -0.2) is 13.1 Å². The summed E-state index contributed by atoms with van der Waals surface area (Å²) >= 11 is 3.46. The van der Waals surface area contributed by atoms with Crippen LogP contribution in [0.1, 0.15) is 19.8 Å². The van der Waals surface area contributed by atoms with E-state index in [1.54, 1.807) is 12.1 Å². The predicted octanol–water partition coefficient (Wildman–Crippen LogP) is 3.24. The van der Waals surface area contributed by atoms with Gasteiger partial charge in [0.2, 0.25) is 15.9 Å². The summed E-state index contributed by atoms with van der Waals surface area (Å²) in [4.78, 5) is 13.6. The van der Waals surface area contributed by atoms with E-state index >= 15 is 0 Å². The SMILES string of the molecule is CC(=O)Nc1ccc(S(=O)(=O)NCC2CCN(CC3COc4ccc(Br)cc4O3)CC2)cc1. The van der Waals surface area contributed by atoms with Crippen LogP contribution in [-0.4, -0.2) is 58.1 Å². The van der Waals surface area contributed by atoms with Gasteiger partial charge >= 0.3 is 0 Å². The van der Waals surface area contributed by atoms with Gasteiger partial charge in [0.05, 0.1) is 4.90 Å². The second-order valence-electron chi connectivity index (χ2n) is 8.44.